The summed E-state index contributed by atoms with van der Waals surface area (Å²) >= 11 is 0. The Hall–Kier alpha value is -2.38. The summed E-state index contributed by atoms with van der Waals surface area (Å²) in [5.74, 6) is -0.700. The molecule has 0 radical (unpaired) electrons. The lowest BCUT2D eigenvalue weighted by Gasteiger charge is -2.22. The first kappa shape index (κ1) is 21.7. The van der Waals surface area contributed by atoms with E-state index in [0.717, 1.165) is 5.56 Å². The van der Waals surface area contributed by atoms with Gasteiger partial charge in [-0.25, -0.2) is 4.79 Å². The molecule has 1 atom stereocenters. The number of halogens is 1. The lowest BCUT2D eigenvalue weighted by Crippen LogP contribution is -2.38. The van der Waals surface area contributed by atoms with Crippen LogP contribution in [0.1, 0.15) is 26.3 Å². The smallest absolute Gasteiger partial charge is 0.333 e. The molecular formula is C18H25ClN4O3. The number of esters is 1. The molecule has 1 aromatic heterocycles. The first-order valence-corrected chi connectivity index (χ1v) is 8.17. The van der Waals surface area contributed by atoms with E-state index >= 15 is 0 Å². The fourth-order valence-electron chi connectivity index (χ4n) is 2.29. The maximum absolute atomic E-state index is 12.2. The van der Waals surface area contributed by atoms with Crippen LogP contribution in [0, 0.1) is 0 Å². The average Bonchev–Trinajstić information content (AvgIpc) is 3.05. The second-order valence-corrected chi connectivity index (χ2v) is 6.24. The van der Waals surface area contributed by atoms with Crippen LogP contribution in [0.3, 0.4) is 0 Å². The summed E-state index contributed by atoms with van der Waals surface area (Å²) < 4.78 is 6.51. The van der Waals surface area contributed by atoms with Gasteiger partial charge in [-0.05, 0) is 32.8 Å². The van der Waals surface area contributed by atoms with E-state index in [2.05, 4.69) is 10.4 Å². The molecule has 0 aliphatic heterocycles. The van der Waals surface area contributed by atoms with Crippen LogP contribution in [-0.4, -0.2) is 34.3 Å². The van der Waals surface area contributed by atoms with Gasteiger partial charge in [0.25, 0.3) is 0 Å². The van der Waals surface area contributed by atoms with Gasteiger partial charge in [0.05, 0.1) is 24.5 Å². The summed E-state index contributed by atoms with van der Waals surface area (Å²) in [7, 11) is 0. The standard InChI is InChI=1S/C18H24N4O3.ClH/c1-4-25-17(24)18(2,3)22-12-14(11-20-22)21-16(23)15(19)10-13-8-6-5-7-9-13;/h5-9,11-12,15H,4,10,19H2,1-3H3,(H,21,23);1H/t15-;/m0./s1. The molecule has 0 unspecified atom stereocenters. The van der Waals surface area contributed by atoms with E-state index in [9.17, 15) is 9.59 Å². The molecule has 0 aliphatic rings. The molecule has 8 heteroatoms. The molecule has 2 rings (SSSR count). The highest BCUT2D eigenvalue weighted by Crippen LogP contribution is 2.19. The van der Waals surface area contributed by atoms with Crippen molar-refractivity contribution in [3.8, 4) is 0 Å². The minimum absolute atomic E-state index is 0. The van der Waals surface area contributed by atoms with Crippen molar-refractivity contribution in [3.05, 3.63) is 48.3 Å². The molecule has 3 N–H and O–H groups in total. The molecule has 0 saturated heterocycles. The van der Waals surface area contributed by atoms with Gasteiger partial charge in [-0.3, -0.25) is 9.48 Å². The molecule has 1 amide bonds. The minimum atomic E-state index is -0.967. The van der Waals surface area contributed by atoms with Crippen molar-refractivity contribution in [2.45, 2.75) is 38.8 Å². The molecule has 2 aromatic rings. The Balaban J connectivity index is 0.00000338. The predicted molar refractivity (Wildman–Crippen MR) is 102 cm³/mol. The topological polar surface area (TPSA) is 99.2 Å². The summed E-state index contributed by atoms with van der Waals surface area (Å²) in [5.41, 5.74) is 6.46. The summed E-state index contributed by atoms with van der Waals surface area (Å²) in [4.78, 5) is 24.3. The van der Waals surface area contributed by atoms with Gasteiger partial charge < -0.3 is 15.8 Å². The van der Waals surface area contributed by atoms with Gasteiger partial charge in [0, 0.05) is 6.20 Å². The van der Waals surface area contributed by atoms with Crippen LogP contribution < -0.4 is 11.1 Å². The van der Waals surface area contributed by atoms with E-state index in [1.807, 2.05) is 30.3 Å². The molecule has 26 heavy (non-hydrogen) atoms. The van der Waals surface area contributed by atoms with E-state index in [-0.39, 0.29) is 18.3 Å². The number of nitrogens with zero attached hydrogens (tertiary/aromatic N) is 2. The number of nitrogens with two attached hydrogens (primary N) is 1. The maximum Gasteiger partial charge on any atom is 0.333 e. The number of hydrogen-bond acceptors (Lipinski definition) is 5. The van der Waals surface area contributed by atoms with Crippen LogP contribution in [0.2, 0.25) is 0 Å². The monoisotopic (exact) mass is 380 g/mol. The van der Waals surface area contributed by atoms with E-state index in [4.69, 9.17) is 10.5 Å². The van der Waals surface area contributed by atoms with Crippen LogP contribution in [0.5, 0.6) is 0 Å². The lowest BCUT2D eigenvalue weighted by atomic mass is 10.1. The zero-order chi connectivity index (χ0) is 18.4. The second kappa shape index (κ2) is 9.35. The number of anilines is 1. The van der Waals surface area contributed by atoms with Gasteiger partial charge in [0.2, 0.25) is 5.91 Å². The summed E-state index contributed by atoms with van der Waals surface area (Å²) in [6.07, 6.45) is 3.51. The van der Waals surface area contributed by atoms with Crippen molar-refractivity contribution in [1.82, 2.24) is 9.78 Å². The van der Waals surface area contributed by atoms with Crippen molar-refractivity contribution >= 4 is 30.0 Å². The first-order chi connectivity index (χ1) is 11.8. The zero-order valence-electron chi connectivity index (χ0n) is 15.1. The second-order valence-electron chi connectivity index (χ2n) is 6.24. The molecule has 142 valence electrons. The molecule has 0 fully saturated rings. The van der Waals surface area contributed by atoms with E-state index in [1.165, 1.54) is 10.9 Å². The maximum atomic E-state index is 12.2. The van der Waals surface area contributed by atoms with Crippen LogP contribution in [0.4, 0.5) is 5.69 Å². The number of benzene rings is 1. The van der Waals surface area contributed by atoms with Crippen molar-refractivity contribution in [1.29, 1.82) is 0 Å². The first-order valence-electron chi connectivity index (χ1n) is 8.17. The van der Waals surface area contributed by atoms with Gasteiger partial charge in [0.15, 0.2) is 5.54 Å². The normalized spacial score (nSPS) is 12.0. The van der Waals surface area contributed by atoms with Gasteiger partial charge in [-0.15, -0.1) is 12.4 Å². The van der Waals surface area contributed by atoms with E-state index in [0.29, 0.717) is 18.7 Å². The van der Waals surface area contributed by atoms with Crippen molar-refractivity contribution in [2.24, 2.45) is 5.73 Å². The summed E-state index contributed by atoms with van der Waals surface area (Å²) in [6.45, 7) is 5.44. The third-order valence-corrected chi connectivity index (χ3v) is 3.83. The third kappa shape index (κ3) is 5.31. The summed E-state index contributed by atoms with van der Waals surface area (Å²) in [5, 5.41) is 6.87. The highest BCUT2D eigenvalue weighted by atomic mass is 35.5. The quantitative estimate of drug-likeness (QED) is 0.716. The van der Waals surface area contributed by atoms with Gasteiger partial charge in [-0.2, -0.15) is 5.10 Å². The summed E-state index contributed by atoms with van der Waals surface area (Å²) in [6, 6.07) is 8.89. The third-order valence-electron chi connectivity index (χ3n) is 3.83. The van der Waals surface area contributed by atoms with Crippen LogP contribution >= 0.6 is 12.4 Å². The Morgan fingerprint density at radius 3 is 2.58 bits per heavy atom. The number of nitrogens with one attached hydrogen (secondary N) is 1. The lowest BCUT2D eigenvalue weighted by molar-refractivity contribution is -0.152. The van der Waals surface area contributed by atoms with Gasteiger partial charge >= 0.3 is 5.97 Å². The number of carbonyl (C=O) groups is 2. The Bertz CT molecular complexity index is 731. The van der Waals surface area contributed by atoms with E-state index in [1.54, 1.807) is 27.0 Å². The highest BCUT2D eigenvalue weighted by molar-refractivity contribution is 5.94. The molecule has 7 nitrogen and oxygen atoms in total. The van der Waals surface area contributed by atoms with Crippen LogP contribution in [0.25, 0.3) is 0 Å². The minimum Gasteiger partial charge on any atom is -0.464 e. The molecule has 1 heterocycles. The fraction of sp³-hybridized carbons (Fsp3) is 0.389. The van der Waals surface area contributed by atoms with Crippen molar-refractivity contribution < 1.29 is 14.3 Å². The largest absolute Gasteiger partial charge is 0.464 e. The zero-order valence-corrected chi connectivity index (χ0v) is 16.0. The molecule has 1 aromatic carbocycles. The number of aromatic nitrogens is 2. The Morgan fingerprint density at radius 1 is 1.31 bits per heavy atom. The number of hydrogen-bond donors (Lipinski definition) is 2. The van der Waals surface area contributed by atoms with Crippen molar-refractivity contribution in [3.63, 3.8) is 0 Å². The Kier molecular flexibility index (Phi) is 7.79. The Morgan fingerprint density at radius 2 is 1.96 bits per heavy atom. The van der Waals surface area contributed by atoms with Gasteiger partial charge in [-0.1, -0.05) is 30.3 Å². The van der Waals surface area contributed by atoms with E-state index < -0.39 is 17.6 Å². The SMILES string of the molecule is CCOC(=O)C(C)(C)n1cc(NC(=O)[C@@H](N)Cc2ccccc2)cn1.Cl. The number of carbonyl (C=O) groups excluding carboxylic acids is 2. The number of ether oxygens (including phenoxy) is 1. The predicted octanol–water partition coefficient (Wildman–Crippen LogP) is 2.11. The average molecular weight is 381 g/mol. The molecule has 0 aliphatic carbocycles. The highest BCUT2D eigenvalue weighted by Gasteiger charge is 2.32. The Labute approximate surface area is 159 Å². The number of amides is 1. The fourth-order valence-corrected chi connectivity index (χ4v) is 2.29. The molecule has 0 spiro atoms. The number of rotatable bonds is 7. The molecule has 0 bridgehead atoms. The van der Waals surface area contributed by atoms with Crippen LogP contribution in [-0.2, 0) is 26.3 Å². The van der Waals surface area contributed by atoms with Crippen molar-refractivity contribution in [2.75, 3.05) is 11.9 Å². The van der Waals surface area contributed by atoms with Gasteiger partial charge in [0.1, 0.15) is 0 Å². The molecule has 0 saturated carbocycles. The molecular weight excluding hydrogens is 356 g/mol. The van der Waals surface area contributed by atoms with Crippen LogP contribution in [0.15, 0.2) is 42.7 Å².